The van der Waals surface area contributed by atoms with Crippen molar-refractivity contribution in [1.82, 2.24) is 9.97 Å². The summed E-state index contributed by atoms with van der Waals surface area (Å²) in [4.78, 5) is 33.5. The molecule has 0 saturated heterocycles. The molecule has 1 heterocycles. The van der Waals surface area contributed by atoms with Crippen molar-refractivity contribution in [2.24, 2.45) is 0 Å². The Hall–Kier alpha value is -2.37. The topological polar surface area (TPSA) is 62.8 Å². The molecule has 0 amide bonds. The molecule has 3 aromatic rings. The number of hydrogen-bond acceptors (Lipinski definition) is 4. The number of carbonyl (C=O) groups excluding carboxylic acids is 1. The summed E-state index contributed by atoms with van der Waals surface area (Å²) in [5, 5.41) is 1.09. The summed E-state index contributed by atoms with van der Waals surface area (Å²) in [5.74, 6) is 0.181. The summed E-state index contributed by atoms with van der Waals surface area (Å²) in [7, 11) is 0. The predicted octanol–water partition coefficient (Wildman–Crippen LogP) is 5.43. The highest BCUT2D eigenvalue weighted by Crippen LogP contribution is 2.49. The minimum Gasteiger partial charge on any atom is -0.301 e. The molecule has 0 aliphatic heterocycles. The first-order valence-corrected chi connectivity index (χ1v) is 11.6. The fourth-order valence-electron chi connectivity index (χ4n) is 4.90. The second kappa shape index (κ2) is 7.71. The highest BCUT2D eigenvalue weighted by molar-refractivity contribution is 7.99. The van der Waals surface area contributed by atoms with E-state index in [0.29, 0.717) is 15.7 Å². The van der Waals surface area contributed by atoms with Gasteiger partial charge in [-0.1, -0.05) is 60.5 Å². The lowest BCUT2D eigenvalue weighted by Gasteiger charge is -2.35. The first-order chi connectivity index (χ1) is 14.6. The van der Waals surface area contributed by atoms with Gasteiger partial charge in [-0.05, 0) is 49.1 Å². The number of hydrogen-bond donors (Lipinski definition) is 1. The summed E-state index contributed by atoms with van der Waals surface area (Å²) in [6, 6.07) is 15.1. The Bertz CT molecular complexity index is 1180. The Balaban J connectivity index is 1.49. The number of ketones is 1. The lowest BCUT2D eigenvalue weighted by molar-refractivity contribution is 0.102. The number of rotatable bonds is 4. The predicted molar refractivity (Wildman–Crippen MR) is 121 cm³/mol. The van der Waals surface area contributed by atoms with Crippen molar-refractivity contribution in [2.75, 3.05) is 5.75 Å². The van der Waals surface area contributed by atoms with Crippen LogP contribution in [0.3, 0.4) is 0 Å². The molecule has 1 N–H and O–H groups in total. The minimum atomic E-state index is -0.105. The van der Waals surface area contributed by atoms with Crippen LogP contribution in [0.4, 0.5) is 0 Å². The van der Waals surface area contributed by atoms with Gasteiger partial charge >= 0.3 is 0 Å². The third kappa shape index (κ3) is 3.40. The number of Topliss-reactive ketones (excluding diaryl/α,β-unsaturated/α-hetero) is 1. The first-order valence-electron chi connectivity index (χ1n) is 10.2. The number of fused-ring (bicyclic) bond motifs is 4. The molecule has 5 rings (SSSR count). The number of nitrogens with one attached hydrogen (secondary N) is 1. The molecule has 0 unspecified atom stereocenters. The quantitative estimate of drug-likeness (QED) is 0.336. The molecular weight excluding hydrogens is 416 g/mol. The maximum Gasteiger partial charge on any atom is 0.255 e. The summed E-state index contributed by atoms with van der Waals surface area (Å²) in [6.07, 6.45) is 5.25. The zero-order valence-electron chi connectivity index (χ0n) is 16.4. The highest BCUT2D eigenvalue weighted by Gasteiger charge is 2.43. The lowest BCUT2D eigenvalue weighted by atomic mass is 9.68. The molecule has 1 fully saturated rings. The summed E-state index contributed by atoms with van der Waals surface area (Å²) >= 11 is 7.17. The molecule has 6 heteroatoms. The van der Waals surface area contributed by atoms with Crippen molar-refractivity contribution in [3.63, 3.8) is 0 Å². The van der Waals surface area contributed by atoms with Crippen molar-refractivity contribution in [2.45, 2.75) is 42.7 Å². The van der Waals surface area contributed by atoms with Gasteiger partial charge in [0.1, 0.15) is 0 Å². The number of aromatic amines is 1. The normalized spacial score (nSPS) is 16.3. The van der Waals surface area contributed by atoms with Gasteiger partial charge in [0, 0.05) is 21.6 Å². The summed E-state index contributed by atoms with van der Waals surface area (Å²) in [6.45, 7) is 0. The van der Waals surface area contributed by atoms with Gasteiger partial charge in [0.15, 0.2) is 10.9 Å². The molecule has 0 radical (unpaired) electrons. The molecule has 0 bridgehead atoms. The molecule has 2 aliphatic rings. The van der Waals surface area contributed by atoms with Crippen LogP contribution in [0.2, 0.25) is 5.02 Å². The van der Waals surface area contributed by atoms with Crippen LogP contribution in [0.5, 0.6) is 0 Å². The van der Waals surface area contributed by atoms with E-state index in [1.54, 1.807) is 24.3 Å². The molecule has 1 spiro atoms. The monoisotopic (exact) mass is 436 g/mol. The van der Waals surface area contributed by atoms with E-state index < -0.39 is 0 Å². The molecule has 2 aromatic carbocycles. The Kier molecular flexibility index (Phi) is 5.03. The fraction of sp³-hybridized carbons (Fsp3) is 0.292. The molecule has 2 aliphatic carbocycles. The third-order valence-corrected chi connectivity index (χ3v) is 7.42. The largest absolute Gasteiger partial charge is 0.301 e. The van der Waals surface area contributed by atoms with Crippen LogP contribution in [0.15, 0.2) is 58.5 Å². The molecular formula is C24H21ClN2O2S. The second-order valence-electron chi connectivity index (χ2n) is 8.13. The lowest BCUT2D eigenvalue weighted by Crippen LogP contribution is -2.37. The van der Waals surface area contributed by atoms with E-state index in [9.17, 15) is 9.59 Å². The van der Waals surface area contributed by atoms with Crippen molar-refractivity contribution in [3.05, 3.63) is 80.6 Å². The van der Waals surface area contributed by atoms with Gasteiger partial charge in [-0.15, -0.1) is 0 Å². The average molecular weight is 437 g/mol. The number of nitrogens with zero attached hydrogens (tertiary/aromatic N) is 1. The maximum atomic E-state index is 13.2. The van der Waals surface area contributed by atoms with E-state index in [1.807, 2.05) is 6.07 Å². The number of thioether (sulfide) groups is 1. The second-order valence-corrected chi connectivity index (χ2v) is 9.54. The van der Waals surface area contributed by atoms with Gasteiger partial charge < -0.3 is 4.98 Å². The standard InChI is InChI=1S/C24H21ClN2O2S/c25-17-9-7-15(8-10-17)19(28)14-30-23-26-21-18-6-2-1-5-16(18)13-24(11-3-4-12-24)20(21)22(29)27-23/h1-2,5-10H,3-4,11-14H2,(H,26,27,29). The Labute approximate surface area is 184 Å². The van der Waals surface area contributed by atoms with Crippen molar-refractivity contribution in [1.29, 1.82) is 0 Å². The van der Waals surface area contributed by atoms with Gasteiger partial charge in [-0.3, -0.25) is 9.59 Å². The molecule has 1 saturated carbocycles. The first kappa shape index (κ1) is 19.6. The Morgan fingerprint density at radius 1 is 1.10 bits per heavy atom. The molecule has 30 heavy (non-hydrogen) atoms. The third-order valence-electron chi connectivity index (χ3n) is 6.30. The number of carbonyl (C=O) groups is 1. The van der Waals surface area contributed by atoms with Gasteiger partial charge in [0.2, 0.25) is 0 Å². The van der Waals surface area contributed by atoms with Crippen LogP contribution in [-0.2, 0) is 11.8 Å². The zero-order chi connectivity index (χ0) is 20.7. The molecule has 4 nitrogen and oxygen atoms in total. The van der Waals surface area contributed by atoms with Crippen LogP contribution in [-0.4, -0.2) is 21.5 Å². The maximum absolute atomic E-state index is 13.2. The Morgan fingerprint density at radius 2 is 1.83 bits per heavy atom. The van der Waals surface area contributed by atoms with Gasteiger partial charge in [-0.2, -0.15) is 0 Å². The number of H-pyrrole nitrogens is 1. The van der Waals surface area contributed by atoms with Gasteiger partial charge in [0.25, 0.3) is 5.56 Å². The van der Waals surface area contributed by atoms with E-state index in [1.165, 1.54) is 17.3 Å². The van der Waals surface area contributed by atoms with Crippen molar-refractivity contribution < 1.29 is 4.79 Å². The molecule has 152 valence electrons. The highest BCUT2D eigenvalue weighted by atomic mass is 35.5. The smallest absolute Gasteiger partial charge is 0.255 e. The fourth-order valence-corrected chi connectivity index (χ4v) is 5.78. The number of aromatic nitrogens is 2. The van der Waals surface area contributed by atoms with E-state index in [-0.39, 0.29) is 22.5 Å². The number of benzene rings is 2. The van der Waals surface area contributed by atoms with Crippen molar-refractivity contribution in [3.8, 4) is 11.3 Å². The zero-order valence-corrected chi connectivity index (χ0v) is 18.0. The van der Waals surface area contributed by atoms with E-state index >= 15 is 0 Å². The molecule has 1 aromatic heterocycles. The van der Waals surface area contributed by atoms with Crippen LogP contribution in [0, 0.1) is 0 Å². The van der Waals surface area contributed by atoms with Crippen LogP contribution in [0.1, 0.15) is 47.2 Å². The SMILES string of the molecule is O=C(CSc1nc2c(c(=O)[nH]1)C1(CCCC1)Cc1ccccc1-2)c1ccc(Cl)cc1. The van der Waals surface area contributed by atoms with E-state index in [0.717, 1.165) is 48.9 Å². The van der Waals surface area contributed by atoms with Crippen LogP contribution < -0.4 is 5.56 Å². The average Bonchev–Trinajstić information content (AvgIpc) is 3.20. The van der Waals surface area contributed by atoms with Crippen LogP contribution >= 0.6 is 23.4 Å². The van der Waals surface area contributed by atoms with Gasteiger partial charge in [-0.25, -0.2) is 4.98 Å². The molecule has 0 atom stereocenters. The summed E-state index contributed by atoms with van der Waals surface area (Å²) < 4.78 is 0. The minimum absolute atomic E-state index is 0.0234. The Morgan fingerprint density at radius 3 is 2.60 bits per heavy atom. The summed E-state index contributed by atoms with van der Waals surface area (Å²) in [5.41, 5.74) is 4.38. The van der Waals surface area contributed by atoms with Crippen LogP contribution in [0.25, 0.3) is 11.3 Å². The van der Waals surface area contributed by atoms with Gasteiger partial charge in [0.05, 0.1) is 17.0 Å². The van der Waals surface area contributed by atoms with E-state index in [4.69, 9.17) is 16.6 Å². The number of halogens is 1. The van der Waals surface area contributed by atoms with Crippen molar-refractivity contribution >= 4 is 29.1 Å². The van der Waals surface area contributed by atoms with E-state index in [2.05, 4.69) is 23.2 Å².